The molecule has 0 saturated heterocycles. The Morgan fingerprint density at radius 3 is 2.39 bits per heavy atom. The Morgan fingerprint density at radius 2 is 1.89 bits per heavy atom. The number of ether oxygens (including phenoxy) is 1. The second kappa shape index (κ2) is 5.00. The topological polar surface area (TPSA) is 71.7 Å². The molecule has 2 N–H and O–H groups in total. The van der Waals surface area contributed by atoms with Gasteiger partial charge in [-0.05, 0) is 12.8 Å². The summed E-state index contributed by atoms with van der Waals surface area (Å²) < 4.78 is 6.18. The molecular formula is C13H15NO4. The summed E-state index contributed by atoms with van der Waals surface area (Å²) in [6, 6.07) is 0. The molecule has 2 rings (SSSR count). The van der Waals surface area contributed by atoms with Crippen molar-refractivity contribution in [2.45, 2.75) is 19.4 Å². The van der Waals surface area contributed by atoms with Crippen molar-refractivity contribution in [1.29, 1.82) is 0 Å². The van der Waals surface area contributed by atoms with Gasteiger partial charge in [0, 0.05) is 17.2 Å². The number of allylic oxidation sites excluding steroid dienone is 2. The minimum absolute atomic E-state index is 0.0431. The van der Waals surface area contributed by atoms with Crippen molar-refractivity contribution in [2.24, 2.45) is 0 Å². The molecule has 1 aromatic heterocycles. The average Bonchev–Trinajstić information content (AvgIpc) is 2.64. The van der Waals surface area contributed by atoms with Crippen molar-refractivity contribution in [3.63, 3.8) is 0 Å². The maximum atomic E-state index is 10.9. The third-order valence-electron chi connectivity index (χ3n) is 2.95. The van der Waals surface area contributed by atoms with Crippen LogP contribution in [0.25, 0.3) is 0 Å². The normalized spacial score (nSPS) is 13.1. The van der Waals surface area contributed by atoms with E-state index in [4.69, 9.17) is 4.74 Å². The van der Waals surface area contributed by atoms with Crippen LogP contribution in [0.3, 0.4) is 0 Å². The highest BCUT2D eigenvalue weighted by molar-refractivity contribution is 5.81. The van der Waals surface area contributed by atoms with Gasteiger partial charge >= 0.3 is 5.97 Å². The highest BCUT2D eigenvalue weighted by Gasteiger charge is 2.22. The van der Waals surface area contributed by atoms with E-state index in [1.807, 2.05) is 12.2 Å². The van der Waals surface area contributed by atoms with Crippen molar-refractivity contribution >= 4 is 5.97 Å². The molecule has 0 aliphatic heterocycles. The fourth-order valence-electron chi connectivity index (χ4n) is 2.04. The molecule has 18 heavy (non-hydrogen) atoms. The third kappa shape index (κ3) is 2.11. The smallest absolute Gasteiger partial charge is 0.330 e. The van der Waals surface area contributed by atoms with Gasteiger partial charge in [-0.15, -0.1) is 0 Å². The Hall–Kier alpha value is -2.17. The summed E-state index contributed by atoms with van der Waals surface area (Å²) in [5, 5.41) is 20.0. The highest BCUT2D eigenvalue weighted by Crippen LogP contribution is 2.36. The van der Waals surface area contributed by atoms with Gasteiger partial charge < -0.3 is 14.9 Å². The van der Waals surface area contributed by atoms with Crippen LogP contribution in [0, 0.1) is 0 Å². The molecule has 0 amide bonds. The Labute approximate surface area is 105 Å². The minimum atomic E-state index is -0.521. The van der Waals surface area contributed by atoms with E-state index < -0.39 is 5.97 Å². The number of esters is 1. The fourth-order valence-corrected chi connectivity index (χ4v) is 2.04. The molecule has 1 heterocycles. The van der Waals surface area contributed by atoms with Gasteiger partial charge in [0.1, 0.15) is 6.61 Å². The van der Waals surface area contributed by atoms with E-state index in [9.17, 15) is 15.0 Å². The number of hydrogen-bond donors (Lipinski definition) is 2. The van der Waals surface area contributed by atoms with Crippen molar-refractivity contribution in [3.8, 4) is 11.8 Å². The highest BCUT2D eigenvalue weighted by atomic mass is 16.5. The molecule has 0 saturated carbocycles. The molecule has 5 nitrogen and oxygen atoms in total. The molecule has 0 fully saturated rings. The summed E-state index contributed by atoms with van der Waals surface area (Å²) in [7, 11) is 0. The van der Waals surface area contributed by atoms with Crippen molar-refractivity contribution in [3.05, 3.63) is 35.9 Å². The summed E-state index contributed by atoms with van der Waals surface area (Å²) >= 11 is 0. The van der Waals surface area contributed by atoms with Gasteiger partial charge in [0.2, 0.25) is 0 Å². The van der Waals surface area contributed by atoms with Crippen molar-refractivity contribution in [2.75, 3.05) is 6.61 Å². The lowest BCUT2D eigenvalue weighted by Crippen LogP contribution is -2.09. The van der Waals surface area contributed by atoms with E-state index in [2.05, 4.69) is 6.58 Å². The number of nitrogens with zero attached hydrogens (tertiary/aromatic N) is 1. The SMILES string of the molecule is C=CC(=O)OCCn1c(O)c2c(c1O)CC=CC2. The predicted molar refractivity (Wildman–Crippen MR) is 65.5 cm³/mol. The van der Waals surface area contributed by atoms with Crippen LogP contribution in [0.15, 0.2) is 24.8 Å². The summed E-state index contributed by atoms with van der Waals surface area (Å²) in [6.45, 7) is 3.57. The molecule has 0 unspecified atom stereocenters. The van der Waals surface area contributed by atoms with Crippen LogP contribution in [0.1, 0.15) is 11.1 Å². The first-order valence-electron chi connectivity index (χ1n) is 5.71. The second-order valence-corrected chi connectivity index (χ2v) is 4.01. The molecular weight excluding hydrogens is 234 g/mol. The number of fused-ring (bicyclic) bond motifs is 1. The summed E-state index contributed by atoms with van der Waals surface area (Å²) in [5.74, 6) is -0.435. The first-order valence-corrected chi connectivity index (χ1v) is 5.71. The number of hydrogen-bond acceptors (Lipinski definition) is 4. The first-order chi connectivity index (χ1) is 8.65. The molecule has 0 bridgehead atoms. The van der Waals surface area contributed by atoms with Gasteiger partial charge in [-0.25, -0.2) is 4.79 Å². The lowest BCUT2D eigenvalue weighted by molar-refractivity contribution is -0.138. The molecule has 1 aromatic rings. The minimum Gasteiger partial charge on any atom is -0.494 e. The fraction of sp³-hybridized carbons (Fsp3) is 0.308. The first kappa shape index (κ1) is 12.3. The molecule has 0 radical (unpaired) electrons. The van der Waals surface area contributed by atoms with E-state index in [0.717, 1.165) is 17.2 Å². The van der Waals surface area contributed by atoms with Crippen LogP contribution in [0.2, 0.25) is 0 Å². The van der Waals surface area contributed by atoms with Crippen LogP contribution in [-0.4, -0.2) is 27.4 Å². The van der Waals surface area contributed by atoms with Gasteiger partial charge in [0.25, 0.3) is 0 Å². The maximum absolute atomic E-state index is 10.9. The van der Waals surface area contributed by atoms with Crippen LogP contribution >= 0.6 is 0 Å². The van der Waals surface area contributed by atoms with Gasteiger partial charge in [-0.2, -0.15) is 0 Å². The summed E-state index contributed by atoms with van der Waals surface area (Å²) in [5.41, 5.74) is 1.48. The van der Waals surface area contributed by atoms with Gasteiger partial charge in [-0.1, -0.05) is 18.7 Å². The number of carbonyl (C=O) groups excluding carboxylic acids is 1. The van der Waals surface area contributed by atoms with Crippen LogP contribution in [0.5, 0.6) is 11.8 Å². The quantitative estimate of drug-likeness (QED) is 0.479. The molecule has 5 heteroatoms. The zero-order valence-electron chi connectivity index (χ0n) is 9.93. The van der Waals surface area contributed by atoms with Crippen LogP contribution in [0.4, 0.5) is 0 Å². The largest absolute Gasteiger partial charge is 0.494 e. The van der Waals surface area contributed by atoms with Gasteiger partial charge in [-0.3, -0.25) is 4.57 Å². The molecule has 0 atom stereocenters. The van der Waals surface area contributed by atoms with E-state index in [0.29, 0.717) is 12.8 Å². The predicted octanol–water partition coefficient (Wildman–Crippen LogP) is 1.28. The van der Waals surface area contributed by atoms with Gasteiger partial charge in [0.15, 0.2) is 11.8 Å². The molecule has 96 valence electrons. The Morgan fingerprint density at radius 1 is 1.33 bits per heavy atom. The Balaban J connectivity index is 2.12. The van der Waals surface area contributed by atoms with Crippen LogP contribution in [-0.2, 0) is 28.9 Å². The maximum Gasteiger partial charge on any atom is 0.330 e. The zero-order valence-corrected chi connectivity index (χ0v) is 9.93. The third-order valence-corrected chi connectivity index (χ3v) is 2.95. The Kier molecular flexibility index (Phi) is 3.41. The second-order valence-electron chi connectivity index (χ2n) is 4.01. The van der Waals surface area contributed by atoms with Crippen LogP contribution < -0.4 is 0 Å². The Bertz CT molecular complexity index is 482. The molecule has 1 aliphatic carbocycles. The van der Waals surface area contributed by atoms with E-state index in [1.54, 1.807) is 0 Å². The van der Waals surface area contributed by atoms with Crippen molar-refractivity contribution < 1.29 is 19.7 Å². The lowest BCUT2D eigenvalue weighted by Gasteiger charge is -2.07. The monoisotopic (exact) mass is 249 g/mol. The lowest BCUT2D eigenvalue weighted by atomic mass is 10.0. The zero-order chi connectivity index (χ0) is 13.1. The van der Waals surface area contributed by atoms with E-state index in [-0.39, 0.29) is 24.9 Å². The molecule has 1 aliphatic rings. The number of carbonyl (C=O) groups is 1. The summed E-state index contributed by atoms with van der Waals surface area (Å²) in [4.78, 5) is 10.9. The molecule has 0 spiro atoms. The van der Waals surface area contributed by atoms with Gasteiger partial charge in [0.05, 0.1) is 6.54 Å². The summed E-state index contributed by atoms with van der Waals surface area (Å²) in [6.07, 6.45) is 6.18. The van der Waals surface area contributed by atoms with Crippen molar-refractivity contribution in [1.82, 2.24) is 4.57 Å². The number of rotatable bonds is 4. The standard InChI is InChI=1S/C13H15NO4/c1-2-11(15)18-8-7-14-12(16)9-5-3-4-6-10(9)13(14)17/h2-4,16-17H,1,5-8H2. The van der Waals surface area contributed by atoms with E-state index in [1.165, 1.54) is 4.57 Å². The average molecular weight is 249 g/mol. The number of aromatic hydroxyl groups is 2. The van der Waals surface area contributed by atoms with E-state index >= 15 is 0 Å². The molecule has 0 aromatic carbocycles. The number of aromatic nitrogens is 1.